The van der Waals surface area contributed by atoms with Gasteiger partial charge in [-0.15, -0.1) is 0 Å². The van der Waals surface area contributed by atoms with Crippen LogP contribution in [0.25, 0.3) is 0 Å². The van der Waals surface area contributed by atoms with Crippen LogP contribution in [0.4, 0.5) is 5.69 Å². The van der Waals surface area contributed by atoms with Gasteiger partial charge in [-0.05, 0) is 56.9 Å². The van der Waals surface area contributed by atoms with Crippen LogP contribution in [0.3, 0.4) is 0 Å². The summed E-state index contributed by atoms with van der Waals surface area (Å²) in [6, 6.07) is 12.4. The van der Waals surface area contributed by atoms with E-state index in [2.05, 4.69) is 5.32 Å². The van der Waals surface area contributed by atoms with Crippen molar-refractivity contribution < 1.29 is 19.2 Å². The van der Waals surface area contributed by atoms with E-state index in [0.29, 0.717) is 30.5 Å². The first-order valence-corrected chi connectivity index (χ1v) is 11.9. The van der Waals surface area contributed by atoms with Gasteiger partial charge in [-0.1, -0.05) is 49.6 Å². The monoisotopic (exact) mass is 461 g/mol. The highest BCUT2D eigenvalue weighted by Gasteiger charge is 2.47. The molecular formula is C27H31N3O4. The molecule has 2 aromatic rings. The lowest BCUT2D eigenvalue weighted by molar-refractivity contribution is -0.147. The van der Waals surface area contributed by atoms with E-state index in [1.807, 2.05) is 39.0 Å². The van der Waals surface area contributed by atoms with Crippen molar-refractivity contribution in [1.29, 1.82) is 0 Å². The van der Waals surface area contributed by atoms with Crippen LogP contribution in [0, 0.1) is 13.8 Å². The smallest absolute Gasteiger partial charge is 0.262 e. The third-order valence-corrected chi connectivity index (χ3v) is 7.13. The van der Waals surface area contributed by atoms with Gasteiger partial charge in [-0.2, -0.15) is 0 Å². The number of imide groups is 1. The minimum atomic E-state index is -1.02. The summed E-state index contributed by atoms with van der Waals surface area (Å²) in [5.41, 5.74) is 2.28. The molecule has 1 aliphatic carbocycles. The number of anilines is 1. The number of carbonyl (C=O) groups is 4. The van der Waals surface area contributed by atoms with Crippen molar-refractivity contribution in [3.05, 3.63) is 64.7 Å². The van der Waals surface area contributed by atoms with E-state index >= 15 is 0 Å². The van der Waals surface area contributed by atoms with Crippen molar-refractivity contribution in [2.75, 3.05) is 18.4 Å². The molecule has 0 radical (unpaired) electrons. The molecule has 0 unspecified atom stereocenters. The van der Waals surface area contributed by atoms with Crippen molar-refractivity contribution in [3.8, 4) is 0 Å². The molecule has 0 atom stereocenters. The summed E-state index contributed by atoms with van der Waals surface area (Å²) in [6.45, 7) is 5.66. The van der Waals surface area contributed by atoms with Gasteiger partial charge in [0, 0.05) is 12.2 Å². The lowest BCUT2D eigenvalue weighted by Crippen LogP contribution is -2.61. The Bertz CT molecular complexity index is 1100. The highest BCUT2D eigenvalue weighted by molar-refractivity contribution is 6.22. The molecule has 4 amide bonds. The minimum Gasteiger partial charge on any atom is -0.327 e. The molecule has 0 aromatic heterocycles. The second kappa shape index (κ2) is 9.41. The van der Waals surface area contributed by atoms with Gasteiger partial charge in [-0.25, -0.2) is 0 Å². The molecule has 1 fully saturated rings. The number of rotatable bonds is 6. The van der Waals surface area contributed by atoms with Crippen molar-refractivity contribution in [3.63, 3.8) is 0 Å². The molecule has 2 aliphatic rings. The molecule has 4 rings (SSSR count). The van der Waals surface area contributed by atoms with E-state index < -0.39 is 23.3 Å². The Hall–Kier alpha value is -3.48. The number of amides is 4. The van der Waals surface area contributed by atoms with Gasteiger partial charge in [0.15, 0.2) is 0 Å². The largest absolute Gasteiger partial charge is 0.327 e. The molecule has 0 saturated heterocycles. The predicted octanol–water partition coefficient (Wildman–Crippen LogP) is 4.09. The number of hydrogen-bond donors (Lipinski definition) is 1. The average molecular weight is 462 g/mol. The number of likely N-dealkylation sites (N-methyl/N-ethyl adjacent to an activating group) is 1. The average Bonchev–Trinajstić information content (AvgIpc) is 3.07. The lowest BCUT2D eigenvalue weighted by Gasteiger charge is -2.45. The minimum absolute atomic E-state index is 0.206. The Morgan fingerprint density at radius 1 is 0.912 bits per heavy atom. The zero-order valence-corrected chi connectivity index (χ0v) is 20.0. The van der Waals surface area contributed by atoms with Crippen LogP contribution < -0.4 is 5.32 Å². The molecule has 34 heavy (non-hydrogen) atoms. The van der Waals surface area contributed by atoms with Crippen LogP contribution in [0.15, 0.2) is 42.5 Å². The third kappa shape index (κ3) is 4.00. The van der Waals surface area contributed by atoms with E-state index in [-0.39, 0.29) is 12.5 Å². The molecule has 0 spiro atoms. The first kappa shape index (κ1) is 23.7. The van der Waals surface area contributed by atoms with Crippen LogP contribution in [0.5, 0.6) is 0 Å². The number of benzene rings is 2. The predicted molar refractivity (Wildman–Crippen MR) is 130 cm³/mol. The number of hydrogen-bond acceptors (Lipinski definition) is 4. The first-order chi connectivity index (χ1) is 16.3. The Labute approximate surface area is 200 Å². The van der Waals surface area contributed by atoms with E-state index in [9.17, 15) is 19.2 Å². The van der Waals surface area contributed by atoms with Gasteiger partial charge in [0.1, 0.15) is 12.1 Å². The van der Waals surface area contributed by atoms with Crippen LogP contribution in [0.1, 0.15) is 70.9 Å². The number of fused-ring (bicyclic) bond motifs is 1. The Kier molecular flexibility index (Phi) is 6.55. The molecule has 0 bridgehead atoms. The number of nitrogens with one attached hydrogen (secondary N) is 1. The second-order valence-corrected chi connectivity index (χ2v) is 9.19. The van der Waals surface area contributed by atoms with Gasteiger partial charge in [0.25, 0.3) is 11.8 Å². The molecule has 7 heteroatoms. The summed E-state index contributed by atoms with van der Waals surface area (Å²) in [7, 11) is 0. The molecule has 1 aliphatic heterocycles. The second-order valence-electron chi connectivity index (χ2n) is 9.19. The van der Waals surface area contributed by atoms with Crippen molar-refractivity contribution in [2.24, 2.45) is 0 Å². The SMILES string of the molecule is CCN(C(=O)CN1C(=O)c2ccccc2C1=O)C1(C(=O)Nc2c(C)cccc2C)CCCCC1. The summed E-state index contributed by atoms with van der Waals surface area (Å²) in [4.78, 5) is 55.6. The van der Waals surface area contributed by atoms with Gasteiger partial charge >= 0.3 is 0 Å². The zero-order chi connectivity index (χ0) is 24.5. The lowest BCUT2D eigenvalue weighted by atomic mass is 9.79. The van der Waals surface area contributed by atoms with Crippen LogP contribution in [-0.2, 0) is 9.59 Å². The van der Waals surface area contributed by atoms with Gasteiger partial charge in [0.05, 0.1) is 11.1 Å². The quantitative estimate of drug-likeness (QED) is 0.657. The summed E-state index contributed by atoms with van der Waals surface area (Å²) in [5.74, 6) is -1.54. The van der Waals surface area contributed by atoms with Gasteiger partial charge in [0.2, 0.25) is 11.8 Å². The van der Waals surface area contributed by atoms with E-state index in [1.165, 1.54) is 0 Å². The van der Waals surface area contributed by atoms with E-state index in [4.69, 9.17) is 0 Å². The van der Waals surface area contributed by atoms with Crippen molar-refractivity contribution >= 4 is 29.3 Å². The van der Waals surface area contributed by atoms with Crippen molar-refractivity contribution in [1.82, 2.24) is 9.80 Å². The van der Waals surface area contributed by atoms with Gasteiger partial charge in [-0.3, -0.25) is 24.1 Å². The highest BCUT2D eigenvalue weighted by Crippen LogP contribution is 2.36. The summed E-state index contributed by atoms with van der Waals surface area (Å²) < 4.78 is 0. The van der Waals surface area contributed by atoms with Gasteiger partial charge < -0.3 is 10.2 Å². The standard InChI is InChI=1S/C27H31N3O4/c1-4-30(22(31)17-29-24(32)20-13-6-7-14-21(20)25(29)33)27(15-8-5-9-16-27)26(34)28-23-18(2)11-10-12-19(23)3/h6-7,10-14H,4-5,8-9,15-17H2,1-3H3,(H,28,34). The number of aryl methyl sites for hydroxylation is 2. The van der Waals surface area contributed by atoms with E-state index in [1.54, 1.807) is 29.2 Å². The molecular weight excluding hydrogens is 430 g/mol. The maximum atomic E-state index is 13.8. The number of nitrogens with zero attached hydrogens (tertiary/aromatic N) is 2. The maximum Gasteiger partial charge on any atom is 0.262 e. The van der Waals surface area contributed by atoms with Crippen molar-refractivity contribution in [2.45, 2.75) is 58.4 Å². The van der Waals surface area contributed by atoms with Crippen LogP contribution in [-0.4, -0.2) is 52.1 Å². The molecule has 1 saturated carbocycles. The molecule has 1 heterocycles. The maximum absolute atomic E-state index is 13.8. The normalized spacial score (nSPS) is 16.9. The third-order valence-electron chi connectivity index (χ3n) is 7.13. The fourth-order valence-corrected chi connectivity index (χ4v) is 5.32. The Morgan fingerprint density at radius 3 is 2.00 bits per heavy atom. The fourth-order valence-electron chi connectivity index (χ4n) is 5.32. The zero-order valence-electron chi connectivity index (χ0n) is 20.0. The first-order valence-electron chi connectivity index (χ1n) is 11.9. The molecule has 1 N–H and O–H groups in total. The van der Waals surface area contributed by atoms with Crippen LogP contribution >= 0.6 is 0 Å². The topological polar surface area (TPSA) is 86.8 Å². The summed E-state index contributed by atoms with van der Waals surface area (Å²) >= 11 is 0. The number of carbonyl (C=O) groups excluding carboxylic acids is 4. The summed E-state index contributed by atoms with van der Waals surface area (Å²) in [5, 5.41) is 3.10. The Morgan fingerprint density at radius 2 is 1.47 bits per heavy atom. The van der Waals surface area contributed by atoms with Crippen LogP contribution in [0.2, 0.25) is 0 Å². The molecule has 2 aromatic carbocycles. The molecule has 178 valence electrons. The Balaban J connectivity index is 1.61. The number of para-hydroxylation sites is 1. The highest BCUT2D eigenvalue weighted by atomic mass is 16.2. The molecule has 7 nitrogen and oxygen atoms in total. The van der Waals surface area contributed by atoms with E-state index in [0.717, 1.165) is 41.0 Å². The fraction of sp³-hybridized carbons (Fsp3) is 0.407. The summed E-state index contributed by atoms with van der Waals surface area (Å²) in [6.07, 6.45) is 3.76.